The maximum Gasteiger partial charge on any atom is 0.416 e. The number of benzene rings is 1. The third-order valence-electron chi connectivity index (χ3n) is 2.13. The summed E-state index contributed by atoms with van der Waals surface area (Å²) in [5.74, 6) is -1.27. The number of halogens is 3. The van der Waals surface area contributed by atoms with Crippen LogP contribution in [0.2, 0.25) is 0 Å². The number of aryl methyl sites for hydroxylation is 1. The summed E-state index contributed by atoms with van der Waals surface area (Å²) in [5, 5.41) is 9.38. The first-order valence-electron chi connectivity index (χ1n) is 4.40. The molecule has 0 saturated heterocycles. The number of hydrogen-bond donors (Lipinski definition) is 2. The van der Waals surface area contributed by atoms with Crippen molar-refractivity contribution in [3.8, 4) is 5.75 Å². The Kier molecular flexibility index (Phi) is 3.11. The standard InChI is InChI=1S/C10H10F3NO2/c1-5-2-6(10(11,12)13)3-8(15)7(5)4-9(14)16/h2-3,15H,4H2,1H3,(H2,14,16). The van der Waals surface area contributed by atoms with Gasteiger partial charge in [-0.05, 0) is 24.6 Å². The Labute approximate surface area is 89.7 Å². The van der Waals surface area contributed by atoms with Crippen molar-refractivity contribution in [2.45, 2.75) is 19.5 Å². The molecule has 3 nitrogen and oxygen atoms in total. The van der Waals surface area contributed by atoms with Gasteiger partial charge in [0.1, 0.15) is 5.75 Å². The topological polar surface area (TPSA) is 63.3 Å². The summed E-state index contributed by atoms with van der Waals surface area (Å²) in [6, 6.07) is 1.46. The van der Waals surface area contributed by atoms with Gasteiger partial charge < -0.3 is 10.8 Å². The monoisotopic (exact) mass is 233 g/mol. The van der Waals surface area contributed by atoms with Crippen molar-refractivity contribution in [1.29, 1.82) is 0 Å². The molecule has 0 aliphatic rings. The maximum atomic E-state index is 12.3. The van der Waals surface area contributed by atoms with Gasteiger partial charge in [-0.3, -0.25) is 4.79 Å². The highest BCUT2D eigenvalue weighted by Crippen LogP contribution is 2.34. The Hall–Kier alpha value is -1.72. The van der Waals surface area contributed by atoms with Gasteiger partial charge in [0.25, 0.3) is 0 Å². The van der Waals surface area contributed by atoms with Gasteiger partial charge in [0.2, 0.25) is 5.91 Å². The summed E-state index contributed by atoms with van der Waals surface area (Å²) in [6.45, 7) is 1.38. The smallest absolute Gasteiger partial charge is 0.416 e. The van der Waals surface area contributed by atoms with Gasteiger partial charge in [-0.15, -0.1) is 0 Å². The molecule has 1 rings (SSSR count). The lowest BCUT2D eigenvalue weighted by Gasteiger charge is -2.12. The van der Waals surface area contributed by atoms with Crippen LogP contribution in [0.25, 0.3) is 0 Å². The Bertz CT molecular complexity index is 404. The molecule has 1 aromatic rings. The second-order valence-electron chi connectivity index (χ2n) is 3.43. The third-order valence-corrected chi connectivity index (χ3v) is 2.13. The van der Waals surface area contributed by atoms with E-state index in [1.54, 1.807) is 0 Å². The van der Waals surface area contributed by atoms with Crippen LogP contribution in [0.4, 0.5) is 13.2 Å². The molecule has 1 amide bonds. The first-order chi connectivity index (χ1) is 7.21. The molecule has 0 atom stereocenters. The third kappa shape index (κ3) is 2.65. The van der Waals surface area contributed by atoms with E-state index < -0.39 is 23.4 Å². The lowest BCUT2D eigenvalue weighted by atomic mass is 10.0. The second-order valence-corrected chi connectivity index (χ2v) is 3.43. The van der Waals surface area contributed by atoms with E-state index in [0.29, 0.717) is 6.07 Å². The molecule has 0 spiro atoms. The Balaban J connectivity index is 3.23. The first kappa shape index (κ1) is 12.4. The highest BCUT2D eigenvalue weighted by molar-refractivity contribution is 5.78. The van der Waals surface area contributed by atoms with Crippen molar-refractivity contribution in [3.63, 3.8) is 0 Å². The average Bonchev–Trinajstić information content (AvgIpc) is 2.09. The van der Waals surface area contributed by atoms with E-state index in [9.17, 15) is 23.1 Å². The molecular formula is C10H10F3NO2. The molecule has 0 unspecified atom stereocenters. The molecule has 0 heterocycles. The van der Waals surface area contributed by atoms with Crippen LogP contribution < -0.4 is 5.73 Å². The minimum Gasteiger partial charge on any atom is -0.508 e. The van der Waals surface area contributed by atoms with Crippen LogP contribution in [-0.2, 0) is 17.4 Å². The first-order valence-corrected chi connectivity index (χ1v) is 4.40. The molecule has 1 aromatic carbocycles. The van der Waals surface area contributed by atoms with Crippen LogP contribution in [-0.4, -0.2) is 11.0 Å². The van der Waals surface area contributed by atoms with E-state index >= 15 is 0 Å². The number of carbonyl (C=O) groups excluding carboxylic acids is 1. The number of alkyl halides is 3. The number of nitrogens with two attached hydrogens (primary N) is 1. The quantitative estimate of drug-likeness (QED) is 0.817. The second kappa shape index (κ2) is 4.03. The van der Waals surface area contributed by atoms with E-state index in [2.05, 4.69) is 0 Å². The molecule has 6 heteroatoms. The Morgan fingerprint density at radius 3 is 2.38 bits per heavy atom. The summed E-state index contributed by atoms with van der Waals surface area (Å²) in [7, 11) is 0. The molecule has 0 aliphatic heterocycles. The predicted octanol–water partition coefficient (Wildman–Crippen LogP) is 1.75. The minimum absolute atomic E-state index is 0.125. The number of amides is 1. The average molecular weight is 233 g/mol. The zero-order chi connectivity index (χ0) is 12.5. The summed E-state index contributed by atoms with van der Waals surface area (Å²) >= 11 is 0. The molecule has 16 heavy (non-hydrogen) atoms. The molecular weight excluding hydrogens is 223 g/mol. The van der Waals surface area contributed by atoms with E-state index in [4.69, 9.17) is 5.73 Å². The van der Waals surface area contributed by atoms with Crippen molar-refractivity contribution in [3.05, 3.63) is 28.8 Å². The number of phenols is 1. The van der Waals surface area contributed by atoms with Crippen LogP contribution in [0.5, 0.6) is 5.75 Å². The Morgan fingerprint density at radius 1 is 1.44 bits per heavy atom. The zero-order valence-corrected chi connectivity index (χ0v) is 8.43. The largest absolute Gasteiger partial charge is 0.508 e. The van der Waals surface area contributed by atoms with Crippen molar-refractivity contribution < 1.29 is 23.1 Å². The van der Waals surface area contributed by atoms with E-state index in [-0.39, 0.29) is 17.5 Å². The highest BCUT2D eigenvalue weighted by atomic mass is 19.4. The number of phenolic OH excluding ortho intramolecular Hbond substituents is 1. The van der Waals surface area contributed by atoms with Gasteiger partial charge in [0, 0.05) is 5.56 Å². The maximum absolute atomic E-state index is 12.3. The van der Waals surface area contributed by atoms with E-state index in [1.807, 2.05) is 0 Å². The lowest BCUT2D eigenvalue weighted by Crippen LogP contribution is -2.15. The Morgan fingerprint density at radius 2 is 2.00 bits per heavy atom. The number of rotatable bonds is 2. The summed E-state index contributed by atoms with van der Waals surface area (Å²) in [4.78, 5) is 10.6. The van der Waals surface area contributed by atoms with Gasteiger partial charge >= 0.3 is 6.18 Å². The number of primary amides is 1. The van der Waals surface area contributed by atoms with Crippen LogP contribution in [0.1, 0.15) is 16.7 Å². The molecule has 0 fully saturated rings. The molecule has 88 valence electrons. The zero-order valence-electron chi connectivity index (χ0n) is 8.43. The van der Waals surface area contributed by atoms with Crippen molar-refractivity contribution in [2.75, 3.05) is 0 Å². The van der Waals surface area contributed by atoms with Crippen molar-refractivity contribution in [1.82, 2.24) is 0 Å². The van der Waals surface area contributed by atoms with Gasteiger partial charge in [0.15, 0.2) is 0 Å². The van der Waals surface area contributed by atoms with Crippen LogP contribution in [0, 0.1) is 6.92 Å². The summed E-state index contributed by atoms with van der Waals surface area (Å²) in [5.41, 5.74) is 4.28. The van der Waals surface area contributed by atoms with Gasteiger partial charge in [0.05, 0.1) is 12.0 Å². The fourth-order valence-corrected chi connectivity index (χ4v) is 1.37. The fourth-order valence-electron chi connectivity index (χ4n) is 1.37. The van der Waals surface area contributed by atoms with Crippen LogP contribution in [0.15, 0.2) is 12.1 Å². The van der Waals surface area contributed by atoms with Gasteiger partial charge in [-0.25, -0.2) is 0 Å². The van der Waals surface area contributed by atoms with E-state index in [0.717, 1.165) is 6.07 Å². The molecule has 0 saturated carbocycles. The fraction of sp³-hybridized carbons (Fsp3) is 0.300. The van der Waals surface area contributed by atoms with Crippen LogP contribution >= 0.6 is 0 Å². The van der Waals surface area contributed by atoms with Gasteiger partial charge in [-0.2, -0.15) is 13.2 Å². The lowest BCUT2D eigenvalue weighted by molar-refractivity contribution is -0.137. The minimum atomic E-state index is -4.52. The molecule has 0 radical (unpaired) electrons. The summed E-state index contributed by atoms with van der Waals surface area (Å²) < 4.78 is 37.0. The molecule has 0 aliphatic carbocycles. The highest BCUT2D eigenvalue weighted by Gasteiger charge is 2.31. The molecule has 3 N–H and O–H groups in total. The molecule has 0 aromatic heterocycles. The predicted molar refractivity (Wildman–Crippen MR) is 50.7 cm³/mol. The van der Waals surface area contributed by atoms with Gasteiger partial charge in [-0.1, -0.05) is 0 Å². The van der Waals surface area contributed by atoms with E-state index in [1.165, 1.54) is 6.92 Å². The van der Waals surface area contributed by atoms with Crippen molar-refractivity contribution in [2.24, 2.45) is 5.73 Å². The number of aromatic hydroxyl groups is 1. The summed E-state index contributed by atoms with van der Waals surface area (Å²) in [6.07, 6.45) is -4.80. The van der Waals surface area contributed by atoms with Crippen LogP contribution in [0.3, 0.4) is 0 Å². The molecule has 0 bridgehead atoms. The number of hydrogen-bond acceptors (Lipinski definition) is 2. The SMILES string of the molecule is Cc1cc(C(F)(F)F)cc(O)c1CC(N)=O. The normalized spacial score (nSPS) is 11.5. The van der Waals surface area contributed by atoms with Crippen molar-refractivity contribution >= 4 is 5.91 Å². The number of carbonyl (C=O) groups is 1.